The number of nitrogens with zero attached hydrogens (tertiary/aromatic N) is 1. The molecule has 3 heteroatoms. The number of ether oxygens (including phenoxy) is 1. The Balaban J connectivity index is 2.58. The van der Waals surface area contributed by atoms with Crippen LogP contribution in [-0.4, -0.2) is 43.4 Å². The molecule has 0 spiro atoms. The van der Waals surface area contributed by atoms with Crippen LogP contribution in [0.3, 0.4) is 0 Å². The highest BCUT2D eigenvalue weighted by Gasteiger charge is 2.15. The van der Waals surface area contributed by atoms with Crippen LogP contribution < -0.4 is 0 Å². The second kappa shape index (κ2) is 8.23. The molecule has 1 aromatic carbocycles. The highest BCUT2D eigenvalue weighted by atomic mass is 16.5. The molecule has 0 aliphatic rings. The minimum atomic E-state index is 0.207. The first-order valence-electron chi connectivity index (χ1n) is 6.23. The van der Waals surface area contributed by atoms with E-state index in [9.17, 15) is 0 Å². The Morgan fingerprint density at radius 3 is 2.59 bits per heavy atom. The number of aliphatic hydroxyl groups is 1. The van der Waals surface area contributed by atoms with E-state index in [0.717, 1.165) is 26.2 Å². The number of hydrogen-bond donors (Lipinski definition) is 1. The van der Waals surface area contributed by atoms with Crippen molar-refractivity contribution < 1.29 is 9.84 Å². The van der Waals surface area contributed by atoms with E-state index in [-0.39, 0.29) is 12.6 Å². The fourth-order valence-corrected chi connectivity index (χ4v) is 1.95. The summed E-state index contributed by atoms with van der Waals surface area (Å²) in [6, 6.07) is 10.6. The van der Waals surface area contributed by atoms with Crippen LogP contribution in [0.5, 0.6) is 0 Å². The number of aliphatic hydroxyl groups excluding tert-OH is 1. The van der Waals surface area contributed by atoms with Gasteiger partial charge in [0.15, 0.2) is 0 Å². The smallest absolute Gasteiger partial charge is 0.0593 e. The maximum absolute atomic E-state index is 9.16. The largest absolute Gasteiger partial charge is 0.396 e. The molecule has 0 fully saturated rings. The third-order valence-electron chi connectivity index (χ3n) is 2.91. The average Bonchev–Trinajstić information content (AvgIpc) is 2.37. The highest BCUT2D eigenvalue weighted by Crippen LogP contribution is 2.22. The zero-order chi connectivity index (χ0) is 12.5. The van der Waals surface area contributed by atoms with Crippen LogP contribution in [0.4, 0.5) is 0 Å². The van der Waals surface area contributed by atoms with Crippen molar-refractivity contribution >= 4 is 0 Å². The molecule has 0 amide bonds. The van der Waals surface area contributed by atoms with Crippen molar-refractivity contribution in [1.82, 2.24) is 4.90 Å². The number of benzene rings is 1. The summed E-state index contributed by atoms with van der Waals surface area (Å²) in [6.45, 7) is 4.58. The second-order valence-electron chi connectivity index (χ2n) is 4.12. The molecular weight excluding hydrogens is 214 g/mol. The lowest BCUT2D eigenvalue weighted by Gasteiger charge is -2.28. The molecule has 0 aromatic heterocycles. The van der Waals surface area contributed by atoms with Gasteiger partial charge in [0.25, 0.3) is 0 Å². The van der Waals surface area contributed by atoms with Gasteiger partial charge in [-0.2, -0.15) is 0 Å². The van der Waals surface area contributed by atoms with E-state index in [4.69, 9.17) is 9.84 Å². The molecule has 1 rings (SSSR count). The summed E-state index contributed by atoms with van der Waals surface area (Å²) in [5, 5.41) is 9.16. The SMILES string of the molecule is CCOCCN(C)C(CCO)c1ccccc1. The molecule has 96 valence electrons. The first-order chi connectivity index (χ1) is 8.29. The third kappa shape index (κ3) is 4.86. The Morgan fingerprint density at radius 1 is 1.29 bits per heavy atom. The monoisotopic (exact) mass is 237 g/mol. The first-order valence-corrected chi connectivity index (χ1v) is 6.23. The van der Waals surface area contributed by atoms with Gasteiger partial charge >= 0.3 is 0 Å². The van der Waals surface area contributed by atoms with E-state index in [1.165, 1.54) is 5.56 Å². The van der Waals surface area contributed by atoms with E-state index in [0.29, 0.717) is 0 Å². The summed E-state index contributed by atoms with van der Waals surface area (Å²) in [5.41, 5.74) is 1.25. The predicted octanol–water partition coefficient (Wildman–Crippen LogP) is 2.08. The summed E-state index contributed by atoms with van der Waals surface area (Å²) in [6.07, 6.45) is 0.757. The number of rotatable bonds is 8. The quantitative estimate of drug-likeness (QED) is 0.703. The summed E-state index contributed by atoms with van der Waals surface area (Å²) in [5.74, 6) is 0. The van der Waals surface area contributed by atoms with Gasteiger partial charge in [-0.05, 0) is 26.0 Å². The van der Waals surface area contributed by atoms with Crippen LogP contribution >= 0.6 is 0 Å². The van der Waals surface area contributed by atoms with Gasteiger partial charge in [0.05, 0.1) is 6.61 Å². The van der Waals surface area contributed by atoms with Gasteiger partial charge < -0.3 is 9.84 Å². The predicted molar refractivity (Wildman–Crippen MR) is 70.0 cm³/mol. The van der Waals surface area contributed by atoms with Gasteiger partial charge in [0.1, 0.15) is 0 Å². The zero-order valence-corrected chi connectivity index (χ0v) is 10.8. The molecule has 1 unspecified atom stereocenters. The van der Waals surface area contributed by atoms with E-state index < -0.39 is 0 Å². The molecule has 3 nitrogen and oxygen atoms in total. The topological polar surface area (TPSA) is 32.7 Å². The minimum absolute atomic E-state index is 0.207. The van der Waals surface area contributed by atoms with Crippen molar-refractivity contribution in [3.05, 3.63) is 35.9 Å². The van der Waals surface area contributed by atoms with Crippen LogP contribution in [0.25, 0.3) is 0 Å². The van der Waals surface area contributed by atoms with Crippen LogP contribution in [0.1, 0.15) is 24.9 Å². The van der Waals surface area contributed by atoms with Crippen LogP contribution in [0.2, 0.25) is 0 Å². The summed E-state index contributed by atoms with van der Waals surface area (Å²) >= 11 is 0. The van der Waals surface area contributed by atoms with Crippen LogP contribution in [0, 0.1) is 0 Å². The lowest BCUT2D eigenvalue weighted by Crippen LogP contribution is -2.29. The molecule has 1 N–H and O–H groups in total. The van der Waals surface area contributed by atoms with Gasteiger partial charge in [0.2, 0.25) is 0 Å². The molecule has 1 atom stereocenters. The average molecular weight is 237 g/mol. The number of hydrogen-bond acceptors (Lipinski definition) is 3. The van der Waals surface area contributed by atoms with Gasteiger partial charge in [-0.3, -0.25) is 4.90 Å². The molecular formula is C14H23NO2. The minimum Gasteiger partial charge on any atom is -0.396 e. The van der Waals surface area contributed by atoms with E-state index >= 15 is 0 Å². The molecule has 0 saturated carbocycles. The van der Waals surface area contributed by atoms with Crippen molar-refractivity contribution in [3.63, 3.8) is 0 Å². The lowest BCUT2D eigenvalue weighted by molar-refractivity contribution is 0.0992. The number of likely N-dealkylation sites (N-methyl/N-ethyl adjacent to an activating group) is 1. The second-order valence-corrected chi connectivity index (χ2v) is 4.12. The maximum Gasteiger partial charge on any atom is 0.0593 e. The highest BCUT2D eigenvalue weighted by molar-refractivity contribution is 5.18. The molecule has 0 saturated heterocycles. The van der Waals surface area contributed by atoms with E-state index in [1.54, 1.807) is 0 Å². The standard InChI is InChI=1S/C14H23NO2/c1-3-17-12-10-15(2)14(9-11-16)13-7-5-4-6-8-13/h4-8,14,16H,3,9-12H2,1-2H3. The van der Waals surface area contributed by atoms with E-state index in [2.05, 4.69) is 24.1 Å². The Morgan fingerprint density at radius 2 is 2.00 bits per heavy atom. The van der Waals surface area contributed by atoms with Crippen molar-refractivity contribution in [2.45, 2.75) is 19.4 Å². The van der Waals surface area contributed by atoms with E-state index in [1.807, 2.05) is 25.1 Å². The Labute approximate surface area is 104 Å². The molecule has 0 aliphatic carbocycles. The van der Waals surface area contributed by atoms with Gasteiger partial charge in [-0.15, -0.1) is 0 Å². The Kier molecular flexibility index (Phi) is 6.86. The van der Waals surface area contributed by atoms with Gasteiger partial charge in [-0.25, -0.2) is 0 Å². The lowest BCUT2D eigenvalue weighted by atomic mass is 10.0. The maximum atomic E-state index is 9.16. The molecule has 0 bridgehead atoms. The normalized spacial score (nSPS) is 12.9. The van der Waals surface area contributed by atoms with Crippen LogP contribution in [-0.2, 0) is 4.74 Å². The molecule has 0 heterocycles. The van der Waals surface area contributed by atoms with Crippen molar-refractivity contribution in [2.24, 2.45) is 0 Å². The summed E-state index contributed by atoms with van der Waals surface area (Å²) < 4.78 is 5.36. The van der Waals surface area contributed by atoms with Gasteiger partial charge in [0, 0.05) is 25.8 Å². The molecule has 0 aliphatic heterocycles. The Hall–Kier alpha value is -0.900. The fraction of sp³-hybridized carbons (Fsp3) is 0.571. The van der Waals surface area contributed by atoms with Crippen molar-refractivity contribution in [3.8, 4) is 0 Å². The first kappa shape index (κ1) is 14.2. The summed E-state index contributed by atoms with van der Waals surface area (Å²) in [4.78, 5) is 2.24. The van der Waals surface area contributed by atoms with Crippen molar-refractivity contribution in [2.75, 3.05) is 33.4 Å². The molecule has 1 aromatic rings. The fourth-order valence-electron chi connectivity index (χ4n) is 1.95. The third-order valence-corrected chi connectivity index (χ3v) is 2.91. The van der Waals surface area contributed by atoms with Crippen LogP contribution in [0.15, 0.2) is 30.3 Å². The Bertz CT molecular complexity index is 290. The molecule has 17 heavy (non-hydrogen) atoms. The summed E-state index contributed by atoms with van der Waals surface area (Å²) in [7, 11) is 2.08. The van der Waals surface area contributed by atoms with Gasteiger partial charge in [-0.1, -0.05) is 30.3 Å². The molecule has 0 radical (unpaired) electrons. The zero-order valence-electron chi connectivity index (χ0n) is 10.8. The van der Waals surface area contributed by atoms with Crippen molar-refractivity contribution in [1.29, 1.82) is 0 Å².